The van der Waals surface area contributed by atoms with Gasteiger partial charge in [-0.1, -0.05) is 12.1 Å². The molecule has 1 fully saturated rings. The summed E-state index contributed by atoms with van der Waals surface area (Å²) in [5, 5.41) is 10.9. The van der Waals surface area contributed by atoms with E-state index in [1.807, 2.05) is 5.32 Å². The maximum absolute atomic E-state index is 12.5. The number of nitrogens with one attached hydrogen (secondary N) is 1. The lowest BCUT2D eigenvalue weighted by atomic mass is 9.82. The lowest BCUT2D eigenvalue weighted by molar-refractivity contribution is -0.177. The normalized spacial score (nSPS) is 17.8. The van der Waals surface area contributed by atoms with Crippen LogP contribution in [0, 0.1) is 0 Å². The number of hydrogen-bond donors (Lipinski definition) is 2. The highest BCUT2D eigenvalue weighted by atomic mass is 19.4. The third-order valence-electron chi connectivity index (χ3n) is 3.64. The molecule has 2 rings (SSSR count). The Morgan fingerprint density at radius 3 is 2.14 bits per heavy atom. The molecule has 0 unspecified atom stereocenters. The number of ether oxygens (including phenoxy) is 1. The van der Waals surface area contributed by atoms with E-state index < -0.39 is 23.6 Å². The van der Waals surface area contributed by atoms with Gasteiger partial charge in [0.2, 0.25) is 0 Å². The minimum Gasteiger partial charge on any atom is -0.478 e. The van der Waals surface area contributed by atoms with Gasteiger partial charge in [-0.2, -0.15) is 13.2 Å². The minimum absolute atomic E-state index is 0.0214. The highest BCUT2D eigenvalue weighted by molar-refractivity contribution is 5.87. The number of rotatable bonds is 3. The van der Waals surface area contributed by atoms with Crippen LogP contribution in [0.4, 0.5) is 13.2 Å². The predicted octanol–water partition coefficient (Wildman–Crippen LogP) is 2.07. The first-order chi connectivity index (χ1) is 10.2. The van der Waals surface area contributed by atoms with Crippen molar-refractivity contribution in [3.8, 4) is 0 Å². The molecule has 0 atom stereocenters. The lowest BCUT2D eigenvalue weighted by Gasteiger charge is -2.38. The molecule has 0 spiro atoms. The van der Waals surface area contributed by atoms with Crippen LogP contribution < -0.4 is 5.32 Å². The van der Waals surface area contributed by atoms with Gasteiger partial charge in [0, 0.05) is 13.2 Å². The molecule has 1 saturated heterocycles. The summed E-state index contributed by atoms with van der Waals surface area (Å²) in [7, 11) is 0. The summed E-state index contributed by atoms with van der Waals surface area (Å²) in [6.07, 6.45) is -4.62. The molecule has 2 N–H and O–H groups in total. The van der Waals surface area contributed by atoms with E-state index in [-0.39, 0.29) is 31.6 Å². The van der Waals surface area contributed by atoms with Crippen molar-refractivity contribution in [1.82, 2.24) is 5.32 Å². The van der Waals surface area contributed by atoms with Gasteiger partial charge in [0.15, 0.2) is 0 Å². The van der Waals surface area contributed by atoms with E-state index in [2.05, 4.69) is 0 Å². The van der Waals surface area contributed by atoms with Gasteiger partial charge in [0.25, 0.3) is 0 Å². The number of carboxylic acids is 1. The van der Waals surface area contributed by atoms with Crippen LogP contribution in [0.25, 0.3) is 0 Å². The third-order valence-corrected chi connectivity index (χ3v) is 3.64. The van der Waals surface area contributed by atoms with Crippen molar-refractivity contribution in [1.29, 1.82) is 0 Å². The first-order valence-electron chi connectivity index (χ1n) is 6.55. The zero-order chi connectivity index (χ0) is 16.4. The summed E-state index contributed by atoms with van der Waals surface area (Å²) in [6, 6.07) is 5.44. The molecule has 0 aromatic heterocycles. The second-order valence-corrected chi connectivity index (χ2v) is 5.03. The number of aromatic carboxylic acids is 1. The van der Waals surface area contributed by atoms with Crippen LogP contribution >= 0.6 is 0 Å². The number of alkyl halides is 3. The van der Waals surface area contributed by atoms with Crippen LogP contribution in [0.5, 0.6) is 0 Å². The van der Waals surface area contributed by atoms with Crippen molar-refractivity contribution >= 4 is 11.9 Å². The van der Waals surface area contributed by atoms with Gasteiger partial charge in [-0.25, -0.2) is 4.79 Å². The minimum atomic E-state index is -4.98. The standard InChI is InChI=1S/C14H14F3NO4/c15-14(16,17)12(21)18-13(5-7-22-8-6-13)10-3-1-9(2-4-10)11(19)20/h1-4H,5-8H2,(H,18,21)(H,19,20). The zero-order valence-electron chi connectivity index (χ0n) is 11.4. The summed E-state index contributed by atoms with van der Waals surface area (Å²) >= 11 is 0. The van der Waals surface area contributed by atoms with Crippen molar-refractivity contribution in [2.24, 2.45) is 0 Å². The Labute approximate surface area is 124 Å². The van der Waals surface area contributed by atoms with Gasteiger partial charge in [0.05, 0.1) is 11.1 Å². The van der Waals surface area contributed by atoms with Crippen LogP contribution in [-0.2, 0) is 15.1 Å². The second kappa shape index (κ2) is 5.96. The molecule has 0 aliphatic carbocycles. The Bertz CT molecular complexity index is 562. The Morgan fingerprint density at radius 1 is 1.14 bits per heavy atom. The molecule has 0 saturated carbocycles. The molecule has 1 heterocycles. The van der Waals surface area contributed by atoms with Crippen molar-refractivity contribution in [2.45, 2.75) is 24.6 Å². The number of benzene rings is 1. The molecule has 1 aromatic rings. The molecule has 1 aliphatic rings. The molecule has 1 amide bonds. The van der Waals surface area contributed by atoms with E-state index in [1.165, 1.54) is 24.3 Å². The van der Waals surface area contributed by atoms with Gasteiger partial charge in [-0.15, -0.1) is 0 Å². The maximum Gasteiger partial charge on any atom is 0.471 e. The van der Waals surface area contributed by atoms with E-state index in [1.54, 1.807) is 0 Å². The quantitative estimate of drug-likeness (QED) is 0.895. The van der Waals surface area contributed by atoms with Gasteiger partial charge in [-0.05, 0) is 30.5 Å². The fourth-order valence-corrected chi connectivity index (χ4v) is 2.43. The van der Waals surface area contributed by atoms with Crippen molar-refractivity contribution in [2.75, 3.05) is 13.2 Å². The van der Waals surface area contributed by atoms with Gasteiger partial charge < -0.3 is 15.2 Å². The van der Waals surface area contributed by atoms with Crippen LogP contribution in [0.1, 0.15) is 28.8 Å². The van der Waals surface area contributed by atoms with E-state index in [9.17, 15) is 22.8 Å². The maximum atomic E-state index is 12.5. The van der Waals surface area contributed by atoms with Crippen molar-refractivity contribution in [3.05, 3.63) is 35.4 Å². The second-order valence-electron chi connectivity index (χ2n) is 5.03. The van der Waals surface area contributed by atoms with Crippen LogP contribution in [-0.4, -0.2) is 36.4 Å². The van der Waals surface area contributed by atoms with Crippen molar-refractivity contribution < 1.29 is 32.6 Å². The molecule has 22 heavy (non-hydrogen) atoms. The van der Waals surface area contributed by atoms with Gasteiger partial charge in [-0.3, -0.25) is 4.79 Å². The number of halogens is 3. The van der Waals surface area contributed by atoms with Crippen LogP contribution in [0.2, 0.25) is 0 Å². The summed E-state index contributed by atoms with van der Waals surface area (Å²) < 4.78 is 42.8. The molecular weight excluding hydrogens is 303 g/mol. The number of amides is 1. The average Bonchev–Trinajstić information content (AvgIpc) is 2.47. The van der Waals surface area contributed by atoms with Crippen LogP contribution in [0.15, 0.2) is 24.3 Å². The SMILES string of the molecule is O=C(O)c1ccc(C2(NC(=O)C(F)(F)F)CCOCC2)cc1. The largest absolute Gasteiger partial charge is 0.478 e. The highest BCUT2D eigenvalue weighted by Gasteiger charge is 2.45. The molecule has 1 aromatic carbocycles. The van der Waals surface area contributed by atoms with E-state index in [0.717, 1.165) is 0 Å². The Kier molecular flexibility index (Phi) is 4.41. The molecule has 1 aliphatic heterocycles. The molecule has 0 bridgehead atoms. The molecular formula is C14H14F3NO4. The van der Waals surface area contributed by atoms with Gasteiger partial charge >= 0.3 is 18.1 Å². The molecule has 5 nitrogen and oxygen atoms in total. The van der Waals surface area contributed by atoms with Gasteiger partial charge in [0.1, 0.15) is 0 Å². The topological polar surface area (TPSA) is 75.6 Å². The average molecular weight is 317 g/mol. The smallest absolute Gasteiger partial charge is 0.471 e. The lowest BCUT2D eigenvalue weighted by Crippen LogP contribution is -2.53. The monoisotopic (exact) mass is 317 g/mol. The Balaban J connectivity index is 2.32. The number of carbonyl (C=O) groups excluding carboxylic acids is 1. The summed E-state index contributed by atoms with van der Waals surface area (Å²) in [5.74, 6) is -3.15. The first-order valence-corrected chi connectivity index (χ1v) is 6.55. The van der Waals surface area contributed by atoms with E-state index >= 15 is 0 Å². The predicted molar refractivity (Wildman–Crippen MR) is 69.3 cm³/mol. The molecule has 8 heteroatoms. The zero-order valence-corrected chi connectivity index (χ0v) is 11.4. The first kappa shape index (κ1) is 16.3. The molecule has 120 valence electrons. The number of carboxylic acid groups (broad SMARTS) is 1. The molecule has 0 radical (unpaired) electrons. The van der Waals surface area contributed by atoms with E-state index in [0.29, 0.717) is 5.56 Å². The fourth-order valence-electron chi connectivity index (χ4n) is 2.43. The Hall–Kier alpha value is -2.09. The fraction of sp³-hybridized carbons (Fsp3) is 0.429. The summed E-state index contributed by atoms with van der Waals surface area (Å²) in [4.78, 5) is 22.2. The summed E-state index contributed by atoms with van der Waals surface area (Å²) in [6.45, 7) is 0.414. The van der Waals surface area contributed by atoms with Crippen LogP contribution in [0.3, 0.4) is 0 Å². The van der Waals surface area contributed by atoms with E-state index in [4.69, 9.17) is 9.84 Å². The number of carbonyl (C=O) groups is 2. The summed E-state index contributed by atoms with van der Waals surface area (Å²) in [5.41, 5.74) is -0.756. The Morgan fingerprint density at radius 2 is 1.68 bits per heavy atom. The van der Waals surface area contributed by atoms with Crippen molar-refractivity contribution in [3.63, 3.8) is 0 Å². The third kappa shape index (κ3) is 3.38. The highest BCUT2D eigenvalue weighted by Crippen LogP contribution is 2.33. The number of hydrogen-bond acceptors (Lipinski definition) is 3.